The number of amides is 1. The first-order chi connectivity index (χ1) is 13.9. The van der Waals surface area contributed by atoms with Crippen LogP contribution in [-0.2, 0) is 14.8 Å². The van der Waals surface area contributed by atoms with Gasteiger partial charge in [-0.1, -0.05) is 35.9 Å². The number of aryl methyl sites for hydroxylation is 1. The fourth-order valence-corrected chi connectivity index (χ4v) is 5.01. The zero-order chi connectivity index (χ0) is 20.9. The maximum absolute atomic E-state index is 13.2. The van der Waals surface area contributed by atoms with Gasteiger partial charge in [0.15, 0.2) is 0 Å². The minimum absolute atomic E-state index is 0.0461. The summed E-state index contributed by atoms with van der Waals surface area (Å²) in [5.41, 5.74) is 1.51. The van der Waals surface area contributed by atoms with Gasteiger partial charge < -0.3 is 10.4 Å². The molecular weight excluding hydrogens is 388 g/mol. The lowest BCUT2D eigenvalue weighted by molar-refractivity contribution is -0.121. The first kappa shape index (κ1) is 21.3. The number of aliphatic hydroxyl groups is 1. The summed E-state index contributed by atoms with van der Waals surface area (Å²) >= 11 is 0. The zero-order valence-corrected chi connectivity index (χ0v) is 17.4. The van der Waals surface area contributed by atoms with E-state index in [1.807, 2.05) is 13.0 Å². The van der Waals surface area contributed by atoms with Crippen molar-refractivity contribution in [2.24, 2.45) is 0 Å². The van der Waals surface area contributed by atoms with Gasteiger partial charge in [-0.25, -0.2) is 8.42 Å². The van der Waals surface area contributed by atoms with Crippen molar-refractivity contribution in [1.29, 1.82) is 0 Å². The van der Waals surface area contributed by atoms with Crippen molar-refractivity contribution >= 4 is 21.6 Å². The summed E-state index contributed by atoms with van der Waals surface area (Å²) in [6.07, 6.45) is 2.65. The smallest absolute Gasteiger partial charge is 0.264 e. The van der Waals surface area contributed by atoms with Gasteiger partial charge >= 0.3 is 0 Å². The van der Waals surface area contributed by atoms with E-state index < -0.39 is 10.0 Å². The van der Waals surface area contributed by atoms with Crippen molar-refractivity contribution in [2.75, 3.05) is 10.8 Å². The van der Waals surface area contributed by atoms with Crippen LogP contribution in [0.1, 0.15) is 37.7 Å². The van der Waals surface area contributed by atoms with E-state index >= 15 is 0 Å². The van der Waals surface area contributed by atoms with E-state index in [0.29, 0.717) is 18.5 Å². The summed E-state index contributed by atoms with van der Waals surface area (Å²) in [7, 11) is -3.79. The summed E-state index contributed by atoms with van der Waals surface area (Å²) in [5, 5.41) is 12.6. The molecule has 1 fully saturated rings. The third kappa shape index (κ3) is 5.58. The van der Waals surface area contributed by atoms with Gasteiger partial charge in [0.2, 0.25) is 5.91 Å². The molecule has 0 saturated heterocycles. The van der Waals surface area contributed by atoms with Gasteiger partial charge in [0, 0.05) is 19.0 Å². The molecule has 1 saturated carbocycles. The molecule has 0 unspecified atom stereocenters. The number of para-hydroxylation sites is 1. The van der Waals surface area contributed by atoms with Crippen LogP contribution >= 0.6 is 0 Å². The highest BCUT2D eigenvalue weighted by Crippen LogP contribution is 2.24. The maximum Gasteiger partial charge on any atom is 0.264 e. The van der Waals surface area contributed by atoms with Crippen molar-refractivity contribution in [3.8, 4) is 0 Å². The van der Waals surface area contributed by atoms with E-state index in [2.05, 4.69) is 5.32 Å². The Morgan fingerprint density at radius 2 is 1.66 bits per heavy atom. The molecule has 1 aliphatic rings. The van der Waals surface area contributed by atoms with Crippen LogP contribution in [0.4, 0.5) is 5.69 Å². The number of sulfonamides is 1. The number of carbonyl (C=O) groups is 1. The molecule has 29 heavy (non-hydrogen) atoms. The minimum Gasteiger partial charge on any atom is -0.393 e. The molecule has 0 aromatic heterocycles. The predicted molar refractivity (Wildman–Crippen MR) is 113 cm³/mol. The standard InChI is InChI=1S/C22H28N2O4S/c1-17-7-13-21(14-8-17)29(27,28)24(19-5-3-2-4-6-19)16-15-22(26)23-18-9-11-20(25)12-10-18/h2-8,13-14,18,20,25H,9-12,15-16H2,1H3,(H,23,26). The van der Waals surface area contributed by atoms with Crippen molar-refractivity contribution in [3.05, 3.63) is 60.2 Å². The van der Waals surface area contributed by atoms with Gasteiger partial charge in [-0.05, 0) is 56.9 Å². The highest BCUT2D eigenvalue weighted by molar-refractivity contribution is 7.92. The Morgan fingerprint density at radius 3 is 2.28 bits per heavy atom. The predicted octanol–water partition coefficient (Wildman–Crippen LogP) is 3.00. The highest BCUT2D eigenvalue weighted by atomic mass is 32.2. The SMILES string of the molecule is Cc1ccc(S(=O)(=O)N(CCC(=O)NC2CCC(O)CC2)c2ccccc2)cc1. The number of anilines is 1. The van der Waals surface area contributed by atoms with E-state index in [9.17, 15) is 18.3 Å². The molecule has 2 aromatic carbocycles. The van der Waals surface area contributed by atoms with Gasteiger partial charge in [-0.3, -0.25) is 9.10 Å². The average Bonchev–Trinajstić information content (AvgIpc) is 2.71. The molecular formula is C22H28N2O4S. The Balaban J connectivity index is 1.73. The lowest BCUT2D eigenvalue weighted by Crippen LogP contribution is -2.41. The van der Waals surface area contributed by atoms with E-state index in [0.717, 1.165) is 18.4 Å². The molecule has 7 heteroatoms. The number of carbonyl (C=O) groups excluding carboxylic acids is 1. The molecule has 0 heterocycles. The van der Waals surface area contributed by atoms with Gasteiger partial charge in [0.1, 0.15) is 0 Å². The van der Waals surface area contributed by atoms with Gasteiger partial charge in [-0.15, -0.1) is 0 Å². The van der Waals surface area contributed by atoms with Crippen LogP contribution in [0.25, 0.3) is 0 Å². The molecule has 1 amide bonds. The molecule has 0 radical (unpaired) electrons. The number of benzene rings is 2. The second-order valence-corrected chi connectivity index (χ2v) is 9.41. The Morgan fingerprint density at radius 1 is 1.03 bits per heavy atom. The summed E-state index contributed by atoms with van der Waals surface area (Å²) < 4.78 is 27.8. The first-order valence-corrected chi connectivity index (χ1v) is 11.4. The van der Waals surface area contributed by atoms with Gasteiger partial charge in [-0.2, -0.15) is 0 Å². The Labute approximate surface area is 172 Å². The van der Waals surface area contributed by atoms with Crippen LogP contribution in [0.2, 0.25) is 0 Å². The van der Waals surface area contributed by atoms with Gasteiger partial charge in [0.25, 0.3) is 10.0 Å². The van der Waals surface area contributed by atoms with Crippen molar-refractivity contribution in [2.45, 2.75) is 56.1 Å². The molecule has 2 N–H and O–H groups in total. The Kier molecular flexibility index (Phi) is 6.92. The maximum atomic E-state index is 13.2. The van der Waals surface area contributed by atoms with E-state index in [1.165, 1.54) is 4.31 Å². The normalized spacial score (nSPS) is 19.5. The third-order valence-electron chi connectivity index (χ3n) is 5.26. The van der Waals surface area contributed by atoms with Crippen LogP contribution in [0.5, 0.6) is 0 Å². The van der Waals surface area contributed by atoms with Crippen LogP contribution < -0.4 is 9.62 Å². The van der Waals surface area contributed by atoms with Crippen LogP contribution in [0, 0.1) is 6.92 Å². The molecule has 2 aromatic rings. The molecule has 0 spiro atoms. The largest absolute Gasteiger partial charge is 0.393 e. The summed E-state index contributed by atoms with van der Waals surface area (Å²) in [6.45, 7) is 1.96. The van der Waals surface area contributed by atoms with Crippen LogP contribution in [0.15, 0.2) is 59.5 Å². The Bertz CT molecular complexity index is 906. The molecule has 3 rings (SSSR count). The number of nitrogens with one attached hydrogen (secondary N) is 1. The van der Waals surface area contributed by atoms with Crippen molar-refractivity contribution < 1.29 is 18.3 Å². The number of rotatable bonds is 7. The molecule has 156 valence electrons. The minimum atomic E-state index is -3.79. The quantitative estimate of drug-likeness (QED) is 0.726. The fraction of sp³-hybridized carbons (Fsp3) is 0.409. The number of hydrogen-bond donors (Lipinski definition) is 2. The number of hydrogen-bond acceptors (Lipinski definition) is 4. The lowest BCUT2D eigenvalue weighted by Gasteiger charge is -2.27. The molecule has 6 nitrogen and oxygen atoms in total. The zero-order valence-electron chi connectivity index (χ0n) is 16.6. The second kappa shape index (κ2) is 9.41. The molecule has 0 aliphatic heterocycles. The average molecular weight is 417 g/mol. The van der Waals surface area contributed by atoms with Crippen LogP contribution in [-0.4, -0.2) is 38.1 Å². The van der Waals surface area contributed by atoms with Crippen molar-refractivity contribution in [1.82, 2.24) is 5.32 Å². The second-order valence-electron chi connectivity index (χ2n) is 7.55. The summed E-state index contributed by atoms with van der Waals surface area (Å²) in [5.74, 6) is -0.175. The monoisotopic (exact) mass is 416 g/mol. The summed E-state index contributed by atoms with van der Waals surface area (Å²) in [4.78, 5) is 12.6. The number of aliphatic hydroxyl groups excluding tert-OH is 1. The highest BCUT2D eigenvalue weighted by Gasteiger charge is 2.26. The molecule has 0 bridgehead atoms. The van der Waals surface area contributed by atoms with E-state index in [4.69, 9.17) is 0 Å². The van der Waals surface area contributed by atoms with E-state index in [-0.39, 0.29) is 35.9 Å². The van der Waals surface area contributed by atoms with Crippen LogP contribution in [0.3, 0.4) is 0 Å². The molecule has 0 atom stereocenters. The topological polar surface area (TPSA) is 86.7 Å². The molecule has 1 aliphatic carbocycles. The lowest BCUT2D eigenvalue weighted by atomic mass is 9.93. The van der Waals surface area contributed by atoms with Gasteiger partial charge in [0.05, 0.1) is 16.7 Å². The summed E-state index contributed by atoms with van der Waals surface area (Å²) in [6, 6.07) is 15.6. The van der Waals surface area contributed by atoms with Crippen molar-refractivity contribution in [3.63, 3.8) is 0 Å². The first-order valence-electron chi connectivity index (χ1n) is 9.98. The van der Waals surface area contributed by atoms with E-state index in [1.54, 1.807) is 48.5 Å². The fourth-order valence-electron chi connectivity index (χ4n) is 3.54. The Hall–Kier alpha value is -2.38. The number of nitrogens with zero attached hydrogens (tertiary/aromatic N) is 1. The third-order valence-corrected chi connectivity index (χ3v) is 7.10.